The highest BCUT2D eigenvalue weighted by Crippen LogP contribution is 2.16. The summed E-state index contributed by atoms with van der Waals surface area (Å²) in [4.78, 5) is 23.9. The van der Waals surface area contributed by atoms with Gasteiger partial charge in [0.2, 0.25) is 0 Å². The molecule has 0 aromatic carbocycles. The van der Waals surface area contributed by atoms with Crippen LogP contribution in [0.4, 0.5) is 0 Å². The second kappa shape index (κ2) is 39.1. The summed E-state index contributed by atoms with van der Waals surface area (Å²) in [6.07, 6.45) is 44.3. The quantitative estimate of drug-likeness (QED) is 0.0500. The molecule has 0 N–H and O–H groups in total. The SMILES string of the molecule is CCCCCCCCCCCCCCCCCCC(=O)OCCCOC(=O)CCCCCCCCCCCCCCCCCC. The van der Waals surface area contributed by atoms with Crippen LogP contribution in [0.15, 0.2) is 0 Å². The number of esters is 2. The number of carbonyl (C=O) groups excluding carboxylic acids is 2. The Morgan fingerprint density at radius 1 is 0.289 bits per heavy atom. The fourth-order valence-electron chi connectivity index (χ4n) is 6.21. The Bertz CT molecular complexity index is 540. The summed E-state index contributed by atoms with van der Waals surface area (Å²) < 4.78 is 10.6. The van der Waals surface area contributed by atoms with Crippen molar-refractivity contribution in [3.8, 4) is 0 Å². The molecule has 4 heteroatoms. The van der Waals surface area contributed by atoms with Crippen LogP contribution in [0.5, 0.6) is 0 Å². The second-order valence-corrected chi connectivity index (χ2v) is 13.9. The van der Waals surface area contributed by atoms with E-state index in [0.717, 1.165) is 25.7 Å². The van der Waals surface area contributed by atoms with Crippen LogP contribution in [0.3, 0.4) is 0 Å². The molecule has 0 fully saturated rings. The molecule has 4 nitrogen and oxygen atoms in total. The van der Waals surface area contributed by atoms with E-state index in [1.165, 1.54) is 180 Å². The van der Waals surface area contributed by atoms with E-state index in [9.17, 15) is 9.59 Å². The van der Waals surface area contributed by atoms with Crippen LogP contribution < -0.4 is 0 Å². The fourth-order valence-corrected chi connectivity index (χ4v) is 6.21. The van der Waals surface area contributed by atoms with Crippen LogP contribution in [-0.4, -0.2) is 25.2 Å². The van der Waals surface area contributed by atoms with E-state index in [2.05, 4.69) is 13.8 Å². The molecule has 0 atom stereocenters. The Balaban J connectivity index is 3.25. The molecule has 0 saturated heterocycles. The van der Waals surface area contributed by atoms with Crippen molar-refractivity contribution in [1.82, 2.24) is 0 Å². The molecule has 0 heterocycles. The molecule has 0 aliphatic rings. The molecule has 0 spiro atoms. The zero-order valence-electron chi connectivity index (χ0n) is 30.8. The first kappa shape index (κ1) is 43.9. The minimum atomic E-state index is -0.111. The third-order valence-electron chi connectivity index (χ3n) is 9.28. The Hall–Kier alpha value is -1.06. The molecular formula is C41H80O4. The van der Waals surface area contributed by atoms with Crippen LogP contribution in [0.2, 0.25) is 0 Å². The third kappa shape index (κ3) is 39.0. The maximum Gasteiger partial charge on any atom is 0.305 e. The fraction of sp³-hybridized carbons (Fsp3) is 0.951. The Morgan fingerprint density at radius 3 is 0.711 bits per heavy atom. The number of carbonyl (C=O) groups is 2. The Morgan fingerprint density at radius 2 is 0.489 bits per heavy atom. The summed E-state index contributed by atoms with van der Waals surface area (Å²) in [6.45, 7) is 5.27. The lowest BCUT2D eigenvalue weighted by molar-refractivity contribution is -0.146. The van der Waals surface area contributed by atoms with Crippen molar-refractivity contribution >= 4 is 11.9 Å². The summed E-state index contributed by atoms with van der Waals surface area (Å²) in [5.41, 5.74) is 0. The van der Waals surface area contributed by atoms with E-state index in [-0.39, 0.29) is 11.9 Å². The molecule has 0 unspecified atom stereocenters. The first-order valence-corrected chi connectivity index (χ1v) is 20.5. The number of unbranched alkanes of at least 4 members (excludes halogenated alkanes) is 30. The molecule has 0 amide bonds. The standard InChI is InChI=1S/C41H80O4/c1-3-5-7-9-11-13-15-17-19-21-23-25-27-29-31-33-36-40(42)44-38-35-39-45-41(43)37-34-32-30-28-26-24-22-20-18-16-14-12-10-8-6-4-2/h3-39H2,1-2H3. The Kier molecular flexibility index (Phi) is 38.2. The molecule has 0 aromatic rings. The number of hydrogen-bond acceptors (Lipinski definition) is 4. The van der Waals surface area contributed by atoms with Crippen molar-refractivity contribution in [1.29, 1.82) is 0 Å². The van der Waals surface area contributed by atoms with Gasteiger partial charge in [-0.2, -0.15) is 0 Å². The van der Waals surface area contributed by atoms with Crippen molar-refractivity contribution in [3.63, 3.8) is 0 Å². The predicted octanol–water partition coefficient (Wildman–Crippen LogP) is 13.8. The molecule has 268 valence electrons. The van der Waals surface area contributed by atoms with E-state index in [4.69, 9.17) is 9.47 Å². The summed E-state index contributed by atoms with van der Waals surface area (Å²) in [5.74, 6) is -0.222. The van der Waals surface area contributed by atoms with Crippen molar-refractivity contribution in [2.75, 3.05) is 13.2 Å². The van der Waals surface area contributed by atoms with Gasteiger partial charge in [-0.25, -0.2) is 0 Å². The van der Waals surface area contributed by atoms with Crippen LogP contribution >= 0.6 is 0 Å². The van der Waals surface area contributed by atoms with Crippen molar-refractivity contribution in [3.05, 3.63) is 0 Å². The maximum absolute atomic E-state index is 11.9. The highest BCUT2D eigenvalue weighted by atomic mass is 16.5. The predicted molar refractivity (Wildman–Crippen MR) is 195 cm³/mol. The highest BCUT2D eigenvalue weighted by Gasteiger charge is 2.05. The van der Waals surface area contributed by atoms with E-state index >= 15 is 0 Å². The lowest BCUT2D eigenvalue weighted by atomic mass is 10.0. The van der Waals surface area contributed by atoms with E-state index in [1.54, 1.807) is 0 Å². The number of hydrogen-bond donors (Lipinski definition) is 0. The summed E-state index contributed by atoms with van der Waals surface area (Å²) in [5, 5.41) is 0. The lowest BCUT2D eigenvalue weighted by Gasteiger charge is -2.07. The van der Waals surface area contributed by atoms with Gasteiger partial charge in [-0.15, -0.1) is 0 Å². The maximum atomic E-state index is 11.9. The van der Waals surface area contributed by atoms with Gasteiger partial charge < -0.3 is 9.47 Å². The molecule has 0 rings (SSSR count). The van der Waals surface area contributed by atoms with Crippen LogP contribution in [0, 0.1) is 0 Å². The molecule has 0 aliphatic carbocycles. The van der Waals surface area contributed by atoms with Crippen LogP contribution in [-0.2, 0) is 19.1 Å². The molecule has 45 heavy (non-hydrogen) atoms. The monoisotopic (exact) mass is 637 g/mol. The van der Waals surface area contributed by atoms with Gasteiger partial charge in [-0.1, -0.05) is 206 Å². The van der Waals surface area contributed by atoms with Crippen LogP contribution in [0.25, 0.3) is 0 Å². The minimum absolute atomic E-state index is 0.111. The topological polar surface area (TPSA) is 52.6 Å². The van der Waals surface area contributed by atoms with E-state index in [1.807, 2.05) is 0 Å². The number of rotatable bonds is 38. The molecule has 0 aliphatic heterocycles. The summed E-state index contributed by atoms with van der Waals surface area (Å²) in [6, 6.07) is 0. The van der Waals surface area contributed by atoms with Crippen molar-refractivity contribution in [2.24, 2.45) is 0 Å². The average Bonchev–Trinajstić information content (AvgIpc) is 3.04. The van der Waals surface area contributed by atoms with Crippen molar-refractivity contribution < 1.29 is 19.1 Å². The second-order valence-electron chi connectivity index (χ2n) is 13.9. The molecule has 0 aromatic heterocycles. The van der Waals surface area contributed by atoms with Gasteiger partial charge in [0.15, 0.2) is 0 Å². The van der Waals surface area contributed by atoms with Gasteiger partial charge in [0.1, 0.15) is 0 Å². The van der Waals surface area contributed by atoms with Gasteiger partial charge >= 0.3 is 11.9 Å². The molecular weight excluding hydrogens is 556 g/mol. The summed E-state index contributed by atoms with van der Waals surface area (Å²) in [7, 11) is 0. The molecule has 0 radical (unpaired) electrons. The lowest BCUT2D eigenvalue weighted by Crippen LogP contribution is -2.10. The van der Waals surface area contributed by atoms with Crippen molar-refractivity contribution in [2.45, 2.75) is 239 Å². The van der Waals surface area contributed by atoms with E-state index in [0.29, 0.717) is 32.5 Å². The highest BCUT2D eigenvalue weighted by molar-refractivity contribution is 5.69. The van der Waals surface area contributed by atoms with Crippen LogP contribution in [0.1, 0.15) is 239 Å². The minimum Gasteiger partial charge on any atom is -0.466 e. The van der Waals surface area contributed by atoms with E-state index < -0.39 is 0 Å². The summed E-state index contributed by atoms with van der Waals surface area (Å²) >= 11 is 0. The Labute approximate surface area is 282 Å². The molecule has 0 saturated carbocycles. The average molecular weight is 637 g/mol. The van der Waals surface area contributed by atoms with Gasteiger partial charge in [-0.05, 0) is 12.8 Å². The zero-order valence-corrected chi connectivity index (χ0v) is 30.8. The normalized spacial score (nSPS) is 11.2. The number of ether oxygens (including phenoxy) is 2. The van der Waals surface area contributed by atoms with Gasteiger partial charge in [0.05, 0.1) is 13.2 Å². The van der Waals surface area contributed by atoms with Gasteiger partial charge in [0.25, 0.3) is 0 Å². The molecule has 0 bridgehead atoms. The van der Waals surface area contributed by atoms with Gasteiger partial charge in [0, 0.05) is 19.3 Å². The first-order chi connectivity index (χ1) is 22.2. The zero-order chi connectivity index (χ0) is 32.7. The smallest absolute Gasteiger partial charge is 0.305 e. The first-order valence-electron chi connectivity index (χ1n) is 20.5. The van der Waals surface area contributed by atoms with Gasteiger partial charge in [-0.3, -0.25) is 9.59 Å². The largest absolute Gasteiger partial charge is 0.466 e. The third-order valence-corrected chi connectivity index (χ3v) is 9.28.